The number of para-hydroxylation sites is 2. The Morgan fingerprint density at radius 1 is 1.08 bits per heavy atom. The molecular formula is C20H19N3O2S. The van der Waals surface area contributed by atoms with Crippen LogP contribution in [0.2, 0.25) is 0 Å². The lowest BCUT2D eigenvalue weighted by Crippen LogP contribution is -2.25. The van der Waals surface area contributed by atoms with Crippen LogP contribution < -0.4 is 15.5 Å². The van der Waals surface area contributed by atoms with Crippen LogP contribution in [-0.2, 0) is 4.79 Å². The second-order valence-electron chi connectivity index (χ2n) is 5.42. The molecule has 0 fully saturated rings. The molecule has 2 aromatic carbocycles. The third-order valence-electron chi connectivity index (χ3n) is 3.61. The molecule has 6 heteroatoms. The summed E-state index contributed by atoms with van der Waals surface area (Å²) in [6, 6.07) is 21.6. The number of carbonyl (C=O) groups excluding carboxylic acids is 1. The summed E-state index contributed by atoms with van der Waals surface area (Å²) in [5.74, 6) is 0.461. The van der Waals surface area contributed by atoms with E-state index in [1.165, 1.54) is 5.56 Å². The fourth-order valence-electron chi connectivity index (χ4n) is 2.35. The molecule has 0 aliphatic heterocycles. The van der Waals surface area contributed by atoms with Crippen LogP contribution >= 0.6 is 11.3 Å². The van der Waals surface area contributed by atoms with E-state index in [0.29, 0.717) is 5.75 Å². The molecule has 0 atom stereocenters. The van der Waals surface area contributed by atoms with Crippen LogP contribution in [-0.4, -0.2) is 25.8 Å². The smallest absolute Gasteiger partial charge is 0.259 e. The Bertz CT molecular complexity index is 891. The van der Waals surface area contributed by atoms with Gasteiger partial charge in [0.05, 0.1) is 25.6 Å². The molecule has 26 heavy (non-hydrogen) atoms. The highest BCUT2D eigenvalue weighted by atomic mass is 32.1. The molecule has 0 saturated carbocycles. The van der Waals surface area contributed by atoms with E-state index in [2.05, 4.69) is 28.0 Å². The van der Waals surface area contributed by atoms with E-state index < -0.39 is 0 Å². The van der Waals surface area contributed by atoms with Gasteiger partial charge in [0.15, 0.2) is 0 Å². The number of hydrogen-bond donors (Lipinski definition) is 2. The third kappa shape index (κ3) is 4.70. The van der Waals surface area contributed by atoms with Gasteiger partial charge in [-0.2, -0.15) is 5.10 Å². The van der Waals surface area contributed by atoms with Gasteiger partial charge in [0.1, 0.15) is 5.75 Å². The second kappa shape index (κ2) is 8.82. The maximum absolute atomic E-state index is 11.9. The first-order valence-electron chi connectivity index (χ1n) is 8.10. The van der Waals surface area contributed by atoms with Gasteiger partial charge in [-0.25, -0.2) is 5.43 Å². The molecule has 2 N–H and O–H groups in total. The number of methoxy groups -OCH3 is 1. The Morgan fingerprint density at radius 2 is 1.85 bits per heavy atom. The van der Waals surface area contributed by atoms with Gasteiger partial charge < -0.3 is 10.1 Å². The molecule has 0 saturated heterocycles. The lowest BCUT2D eigenvalue weighted by atomic mass is 10.2. The van der Waals surface area contributed by atoms with Crippen molar-refractivity contribution in [3.8, 4) is 16.2 Å². The summed E-state index contributed by atoms with van der Waals surface area (Å²) in [5.41, 5.74) is 4.45. The topological polar surface area (TPSA) is 62.7 Å². The molecule has 0 unspecified atom stereocenters. The number of rotatable bonds is 7. The number of hydrogen-bond acceptors (Lipinski definition) is 5. The molecule has 0 spiro atoms. The van der Waals surface area contributed by atoms with Crippen LogP contribution in [0.15, 0.2) is 71.8 Å². The van der Waals surface area contributed by atoms with Crippen LogP contribution in [0.1, 0.15) is 4.88 Å². The fourth-order valence-corrected chi connectivity index (χ4v) is 3.24. The van der Waals surface area contributed by atoms with Crippen LogP contribution in [0.25, 0.3) is 10.4 Å². The van der Waals surface area contributed by atoms with Crippen molar-refractivity contribution in [2.45, 2.75) is 0 Å². The number of carbonyl (C=O) groups is 1. The number of benzene rings is 2. The molecule has 1 heterocycles. The number of thiophene rings is 1. The van der Waals surface area contributed by atoms with Gasteiger partial charge in [0.2, 0.25) is 0 Å². The molecule has 0 aliphatic rings. The molecule has 1 aromatic heterocycles. The molecule has 3 rings (SSSR count). The van der Waals surface area contributed by atoms with Crippen molar-refractivity contribution in [2.24, 2.45) is 5.10 Å². The number of anilines is 1. The largest absolute Gasteiger partial charge is 0.495 e. The summed E-state index contributed by atoms with van der Waals surface area (Å²) in [4.78, 5) is 14.0. The minimum atomic E-state index is -0.230. The van der Waals surface area contributed by atoms with Crippen molar-refractivity contribution in [3.05, 3.63) is 71.6 Å². The zero-order valence-electron chi connectivity index (χ0n) is 14.3. The van der Waals surface area contributed by atoms with Gasteiger partial charge in [-0.1, -0.05) is 42.5 Å². The van der Waals surface area contributed by atoms with Gasteiger partial charge in [-0.05, 0) is 29.8 Å². The number of hydrazone groups is 1. The highest BCUT2D eigenvalue weighted by Crippen LogP contribution is 2.26. The predicted molar refractivity (Wildman–Crippen MR) is 107 cm³/mol. The highest BCUT2D eigenvalue weighted by molar-refractivity contribution is 7.17. The molecule has 0 bridgehead atoms. The summed E-state index contributed by atoms with van der Waals surface area (Å²) < 4.78 is 5.23. The number of nitrogens with one attached hydrogen (secondary N) is 2. The summed E-state index contributed by atoms with van der Waals surface area (Å²) in [5, 5.41) is 7.05. The van der Waals surface area contributed by atoms with Crippen molar-refractivity contribution in [3.63, 3.8) is 0 Å². The Kier molecular flexibility index (Phi) is 6.01. The highest BCUT2D eigenvalue weighted by Gasteiger charge is 2.04. The average molecular weight is 365 g/mol. The van der Waals surface area contributed by atoms with Gasteiger partial charge >= 0.3 is 0 Å². The minimum absolute atomic E-state index is 0.109. The van der Waals surface area contributed by atoms with Crippen molar-refractivity contribution in [1.29, 1.82) is 0 Å². The van der Waals surface area contributed by atoms with Crippen molar-refractivity contribution < 1.29 is 9.53 Å². The standard InChI is InChI=1S/C20H19N3O2S/c1-25-18-10-6-5-9-17(18)21-14-20(24)23-22-13-16-11-12-19(26-16)15-7-3-2-4-8-15/h2-13,21H,14H2,1H3,(H,23,24)/b22-13-. The molecule has 3 aromatic rings. The van der Waals surface area contributed by atoms with Gasteiger partial charge in [-0.15, -0.1) is 11.3 Å². The average Bonchev–Trinajstić information content (AvgIpc) is 3.16. The summed E-state index contributed by atoms with van der Waals surface area (Å²) >= 11 is 1.62. The fraction of sp³-hybridized carbons (Fsp3) is 0.100. The third-order valence-corrected chi connectivity index (χ3v) is 4.68. The number of nitrogens with zero attached hydrogens (tertiary/aromatic N) is 1. The van der Waals surface area contributed by atoms with E-state index in [4.69, 9.17) is 4.74 Å². The zero-order chi connectivity index (χ0) is 18.2. The van der Waals surface area contributed by atoms with Gasteiger partial charge in [-0.3, -0.25) is 4.79 Å². The van der Waals surface area contributed by atoms with Crippen molar-refractivity contribution >= 4 is 29.1 Å². The Morgan fingerprint density at radius 3 is 2.65 bits per heavy atom. The van der Waals surface area contributed by atoms with E-state index in [1.54, 1.807) is 24.7 Å². The van der Waals surface area contributed by atoms with Crippen LogP contribution in [0.4, 0.5) is 5.69 Å². The molecule has 0 radical (unpaired) electrons. The monoisotopic (exact) mass is 365 g/mol. The predicted octanol–water partition coefficient (Wildman–Crippen LogP) is 3.99. The lowest BCUT2D eigenvalue weighted by Gasteiger charge is -2.09. The van der Waals surface area contributed by atoms with Crippen LogP contribution in [0, 0.1) is 0 Å². The Hall–Kier alpha value is -3.12. The zero-order valence-corrected chi connectivity index (χ0v) is 15.1. The maximum Gasteiger partial charge on any atom is 0.259 e. The molecule has 132 valence electrons. The first-order chi connectivity index (χ1) is 12.8. The number of ether oxygens (including phenoxy) is 1. The normalized spacial score (nSPS) is 10.7. The molecule has 5 nitrogen and oxygen atoms in total. The second-order valence-corrected chi connectivity index (χ2v) is 6.53. The van der Waals surface area contributed by atoms with Crippen LogP contribution in [0.5, 0.6) is 5.75 Å². The minimum Gasteiger partial charge on any atom is -0.495 e. The Balaban J connectivity index is 1.51. The van der Waals surface area contributed by atoms with E-state index in [1.807, 2.05) is 54.6 Å². The van der Waals surface area contributed by atoms with Crippen LogP contribution in [0.3, 0.4) is 0 Å². The van der Waals surface area contributed by atoms with E-state index in [-0.39, 0.29) is 12.5 Å². The SMILES string of the molecule is COc1ccccc1NCC(=O)N/N=C\c1ccc(-c2ccccc2)s1. The van der Waals surface area contributed by atoms with Gasteiger partial charge in [0.25, 0.3) is 5.91 Å². The van der Waals surface area contributed by atoms with Gasteiger partial charge in [0, 0.05) is 9.75 Å². The Labute approximate surface area is 156 Å². The summed E-state index contributed by atoms with van der Waals surface area (Å²) in [6.07, 6.45) is 1.65. The number of amides is 1. The molecule has 1 amide bonds. The first kappa shape index (κ1) is 17.7. The molecule has 0 aliphatic carbocycles. The molecular weight excluding hydrogens is 346 g/mol. The lowest BCUT2D eigenvalue weighted by molar-refractivity contribution is -0.119. The summed E-state index contributed by atoms with van der Waals surface area (Å²) in [7, 11) is 1.59. The van der Waals surface area contributed by atoms with Crippen molar-refractivity contribution in [1.82, 2.24) is 5.43 Å². The summed E-state index contributed by atoms with van der Waals surface area (Å²) in [6.45, 7) is 0.109. The maximum atomic E-state index is 11.9. The van der Waals surface area contributed by atoms with Crippen molar-refractivity contribution in [2.75, 3.05) is 19.0 Å². The first-order valence-corrected chi connectivity index (χ1v) is 8.92. The van der Waals surface area contributed by atoms with E-state index >= 15 is 0 Å². The van der Waals surface area contributed by atoms with E-state index in [0.717, 1.165) is 15.4 Å². The van der Waals surface area contributed by atoms with E-state index in [9.17, 15) is 4.79 Å². The quantitative estimate of drug-likeness (QED) is 0.492.